The second kappa shape index (κ2) is 4.45. The van der Waals surface area contributed by atoms with Gasteiger partial charge in [0.2, 0.25) is 0 Å². The van der Waals surface area contributed by atoms with Crippen molar-refractivity contribution in [3.05, 3.63) is 34.6 Å². The highest BCUT2D eigenvalue weighted by atomic mass is 35.5. The average molecular weight is 275 g/mol. The number of hydrogen-bond donors (Lipinski definition) is 1. The molecule has 1 fully saturated rings. The SMILES string of the molecule is CC1(C)CSCC(O)(c2cc(F)ccc2Cl)C1. The Hall–Kier alpha value is -0.250. The van der Waals surface area contributed by atoms with Gasteiger partial charge in [-0.3, -0.25) is 0 Å². The molecule has 0 saturated carbocycles. The fourth-order valence-corrected chi connectivity index (χ4v) is 4.06. The maximum absolute atomic E-state index is 13.3. The van der Waals surface area contributed by atoms with Crippen molar-refractivity contribution in [2.75, 3.05) is 11.5 Å². The van der Waals surface area contributed by atoms with Crippen molar-refractivity contribution in [1.82, 2.24) is 0 Å². The molecule has 1 nitrogen and oxygen atoms in total. The lowest BCUT2D eigenvalue weighted by Gasteiger charge is -2.41. The van der Waals surface area contributed by atoms with Crippen LogP contribution in [0, 0.1) is 11.2 Å². The molecule has 1 N–H and O–H groups in total. The second-order valence-electron chi connectivity index (χ2n) is 5.49. The number of thioether (sulfide) groups is 1. The molecule has 17 heavy (non-hydrogen) atoms. The molecule has 1 aliphatic rings. The van der Waals surface area contributed by atoms with E-state index in [0.717, 1.165) is 5.75 Å². The minimum Gasteiger partial charge on any atom is -0.384 e. The van der Waals surface area contributed by atoms with Gasteiger partial charge in [0.05, 0.1) is 0 Å². The van der Waals surface area contributed by atoms with Crippen molar-refractivity contribution < 1.29 is 9.50 Å². The fraction of sp³-hybridized carbons (Fsp3) is 0.538. The lowest BCUT2D eigenvalue weighted by molar-refractivity contribution is 0.0155. The molecule has 1 aliphatic heterocycles. The van der Waals surface area contributed by atoms with Crippen molar-refractivity contribution in [1.29, 1.82) is 0 Å². The molecule has 1 unspecified atom stereocenters. The van der Waals surface area contributed by atoms with E-state index < -0.39 is 5.60 Å². The van der Waals surface area contributed by atoms with Crippen LogP contribution in [0.5, 0.6) is 0 Å². The Balaban J connectivity index is 2.40. The summed E-state index contributed by atoms with van der Waals surface area (Å²) in [5, 5.41) is 11.1. The van der Waals surface area contributed by atoms with Crippen LogP contribution in [-0.4, -0.2) is 16.6 Å². The van der Waals surface area contributed by atoms with Crippen LogP contribution in [0.15, 0.2) is 18.2 Å². The average Bonchev–Trinajstić information content (AvgIpc) is 2.19. The molecule has 1 atom stereocenters. The third-order valence-corrected chi connectivity index (χ3v) is 5.03. The van der Waals surface area contributed by atoms with E-state index in [1.54, 1.807) is 11.8 Å². The Morgan fingerprint density at radius 2 is 2.06 bits per heavy atom. The monoisotopic (exact) mass is 274 g/mol. The van der Waals surface area contributed by atoms with Gasteiger partial charge in [0.15, 0.2) is 0 Å². The summed E-state index contributed by atoms with van der Waals surface area (Å²) in [6.07, 6.45) is 0.607. The highest BCUT2D eigenvalue weighted by Gasteiger charge is 2.41. The predicted molar refractivity (Wildman–Crippen MR) is 71.0 cm³/mol. The molecule has 0 aliphatic carbocycles. The molecular weight excluding hydrogens is 259 g/mol. The third-order valence-electron chi connectivity index (χ3n) is 3.03. The highest BCUT2D eigenvalue weighted by Crippen LogP contribution is 2.46. The standard InChI is InChI=1S/C13H16ClFOS/c1-12(2)6-13(16,8-17-7-12)10-5-9(15)3-4-11(10)14/h3-5,16H,6-8H2,1-2H3. The normalized spacial score (nSPS) is 28.1. The van der Waals surface area contributed by atoms with Gasteiger partial charge in [-0.1, -0.05) is 25.4 Å². The third kappa shape index (κ3) is 2.78. The molecule has 0 radical (unpaired) electrons. The van der Waals surface area contributed by atoms with E-state index >= 15 is 0 Å². The Bertz CT molecular complexity index is 435. The first-order valence-electron chi connectivity index (χ1n) is 5.58. The Labute approximate surface area is 110 Å². The number of halogens is 2. The molecule has 1 heterocycles. The van der Waals surface area contributed by atoms with E-state index in [0.29, 0.717) is 22.8 Å². The van der Waals surface area contributed by atoms with Crippen LogP contribution in [0.1, 0.15) is 25.8 Å². The van der Waals surface area contributed by atoms with Gasteiger partial charge in [-0.25, -0.2) is 4.39 Å². The topological polar surface area (TPSA) is 20.2 Å². The van der Waals surface area contributed by atoms with Crippen molar-refractivity contribution >= 4 is 23.4 Å². The molecule has 1 aromatic carbocycles. The first kappa shape index (κ1) is 13.2. The van der Waals surface area contributed by atoms with Crippen molar-refractivity contribution in [2.24, 2.45) is 5.41 Å². The largest absolute Gasteiger partial charge is 0.384 e. The minimum atomic E-state index is -1.02. The van der Waals surface area contributed by atoms with Gasteiger partial charge in [-0.05, 0) is 35.8 Å². The molecule has 94 valence electrons. The zero-order valence-corrected chi connectivity index (χ0v) is 11.5. The second-order valence-corrected chi connectivity index (χ2v) is 6.88. The summed E-state index contributed by atoms with van der Waals surface area (Å²) in [5.74, 6) is 1.22. The molecule has 0 aromatic heterocycles. The maximum Gasteiger partial charge on any atom is 0.123 e. The summed E-state index contributed by atoms with van der Waals surface area (Å²) in [6.45, 7) is 4.22. The van der Waals surface area contributed by atoms with E-state index in [4.69, 9.17) is 11.6 Å². The highest BCUT2D eigenvalue weighted by molar-refractivity contribution is 7.99. The number of hydrogen-bond acceptors (Lipinski definition) is 2. The van der Waals surface area contributed by atoms with Crippen LogP contribution in [0.4, 0.5) is 4.39 Å². The van der Waals surface area contributed by atoms with Gasteiger partial charge in [-0.2, -0.15) is 11.8 Å². The van der Waals surface area contributed by atoms with Crippen molar-refractivity contribution in [2.45, 2.75) is 25.9 Å². The fourth-order valence-electron chi connectivity index (χ4n) is 2.42. The smallest absolute Gasteiger partial charge is 0.123 e. The Morgan fingerprint density at radius 1 is 1.35 bits per heavy atom. The summed E-state index contributed by atoms with van der Waals surface area (Å²) < 4.78 is 13.3. The van der Waals surface area contributed by atoms with Crippen LogP contribution < -0.4 is 0 Å². The maximum atomic E-state index is 13.3. The molecule has 1 aromatic rings. The van der Waals surface area contributed by atoms with Gasteiger partial charge < -0.3 is 5.11 Å². The molecule has 0 bridgehead atoms. The molecule has 0 spiro atoms. The zero-order valence-electron chi connectivity index (χ0n) is 9.96. The van der Waals surface area contributed by atoms with Crippen LogP contribution in [-0.2, 0) is 5.60 Å². The lowest BCUT2D eigenvalue weighted by Crippen LogP contribution is -2.40. The van der Waals surface area contributed by atoms with E-state index in [1.807, 2.05) is 0 Å². The van der Waals surface area contributed by atoms with Gasteiger partial charge >= 0.3 is 0 Å². The first-order chi connectivity index (χ1) is 7.82. The molecule has 4 heteroatoms. The van der Waals surface area contributed by atoms with Crippen LogP contribution in [0.25, 0.3) is 0 Å². The van der Waals surface area contributed by atoms with E-state index in [-0.39, 0.29) is 11.2 Å². The summed E-state index contributed by atoms with van der Waals surface area (Å²) in [4.78, 5) is 0. The Morgan fingerprint density at radius 3 is 2.71 bits per heavy atom. The first-order valence-corrected chi connectivity index (χ1v) is 7.11. The molecule has 0 amide bonds. The van der Waals surface area contributed by atoms with Crippen LogP contribution >= 0.6 is 23.4 Å². The molecular formula is C13H16ClFOS. The van der Waals surface area contributed by atoms with E-state index in [2.05, 4.69) is 13.8 Å². The lowest BCUT2D eigenvalue weighted by atomic mass is 9.78. The van der Waals surface area contributed by atoms with Crippen molar-refractivity contribution in [3.63, 3.8) is 0 Å². The summed E-state index contributed by atoms with van der Waals surface area (Å²) >= 11 is 7.76. The Kier molecular flexibility index (Phi) is 3.45. The molecule has 2 rings (SSSR count). The minimum absolute atomic E-state index is 0.0350. The quantitative estimate of drug-likeness (QED) is 0.840. The zero-order chi connectivity index (χ0) is 12.7. The van der Waals surface area contributed by atoms with Crippen molar-refractivity contribution in [3.8, 4) is 0 Å². The summed E-state index contributed by atoms with van der Waals surface area (Å²) in [6, 6.07) is 4.18. The van der Waals surface area contributed by atoms with E-state index in [1.165, 1.54) is 18.2 Å². The number of aliphatic hydroxyl groups is 1. The number of benzene rings is 1. The summed E-state index contributed by atoms with van der Waals surface area (Å²) in [5.41, 5.74) is -0.474. The number of rotatable bonds is 1. The van der Waals surface area contributed by atoms with Gasteiger partial charge in [-0.15, -0.1) is 0 Å². The van der Waals surface area contributed by atoms with Crippen LogP contribution in [0.2, 0.25) is 5.02 Å². The molecule has 1 saturated heterocycles. The van der Waals surface area contributed by atoms with Gasteiger partial charge in [0, 0.05) is 16.3 Å². The van der Waals surface area contributed by atoms with E-state index in [9.17, 15) is 9.50 Å². The summed E-state index contributed by atoms with van der Waals surface area (Å²) in [7, 11) is 0. The van der Waals surface area contributed by atoms with Gasteiger partial charge in [0.1, 0.15) is 11.4 Å². The van der Waals surface area contributed by atoms with Crippen LogP contribution in [0.3, 0.4) is 0 Å². The predicted octanol–water partition coefficient (Wildman–Crippen LogP) is 3.83. The van der Waals surface area contributed by atoms with Gasteiger partial charge in [0.25, 0.3) is 0 Å².